The summed E-state index contributed by atoms with van der Waals surface area (Å²) in [6.07, 6.45) is 0.407. The topological polar surface area (TPSA) is 121 Å². The molecule has 3 rings (SSSR count). The zero-order valence-electron chi connectivity index (χ0n) is 17.1. The number of benzene rings is 1. The summed E-state index contributed by atoms with van der Waals surface area (Å²) in [6.45, 7) is 5.23. The van der Waals surface area contributed by atoms with Gasteiger partial charge in [-0.25, -0.2) is 4.79 Å². The molecule has 9 heteroatoms. The summed E-state index contributed by atoms with van der Waals surface area (Å²) in [5.74, 6) is -1.84. The van der Waals surface area contributed by atoms with Crippen LogP contribution >= 0.6 is 11.6 Å². The summed E-state index contributed by atoms with van der Waals surface area (Å²) in [4.78, 5) is 39.5. The molecule has 0 radical (unpaired) electrons. The molecule has 1 aliphatic rings. The van der Waals surface area contributed by atoms with Crippen molar-refractivity contribution in [2.75, 3.05) is 0 Å². The van der Waals surface area contributed by atoms with E-state index in [1.54, 1.807) is 45.0 Å². The molecule has 1 fully saturated rings. The summed E-state index contributed by atoms with van der Waals surface area (Å²) in [5.41, 5.74) is 0.459. The lowest BCUT2D eigenvalue weighted by Crippen LogP contribution is -2.55. The highest BCUT2D eigenvalue weighted by atomic mass is 35.5. The van der Waals surface area contributed by atoms with E-state index in [-0.39, 0.29) is 12.3 Å². The summed E-state index contributed by atoms with van der Waals surface area (Å²) in [7, 11) is 0. The van der Waals surface area contributed by atoms with E-state index in [1.165, 1.54) is 0 Å². The van der Waals surface area contributed by atoms with Crippen LogP contribution in [0.15, 0.2) is 24.3 Å². The SMILES string of the molecule is CC(C)(C)OC(=O)NC1CC(C(=O)O)CCC1NC(=O)c1cc2cc(Cl)ccc2[nH]1. The van der Waals surface area contributed by atoms with E-state index in [0.717, 1.165) is 10.9 Å². The second kappa shape index (κ2) is 8.55. The van der Waals surface area contributed by atoms with Gasteiger partial charge in [-0.2, -0.15) is 0 Å². The van der Waals surface area contributed by atoms with Gasteiger partial charge in [0.1, 0.15) is 11.3 Å². The Kier molecular flexibility index (Phi) is 6.26. The van der Waals surface area contributed by atoms with Gasteiger partial charge in [-0.3, -0.25) is 9.59 Å². The minimum atomic E-state index is -0.914. The second-order valence-corrected chi connectivity index (χ2v) is 9.03. The Morgan fingerprint density at radius 2 is 1.87 bits per heavy atom. The highest BCUT2D eigenvalue weighted by Gasteiger charge is 2.36. The van der Waals surface area contributed by atoms with Crippen molar-refractivity contribution in [1.82, 2.24) is 15.6 Å². The highest BCUT2D eigenvalue weighted by Crippen LogP contribution is 2.26. The molecule has 2 amide bonds. The molecule has 3 unspecified atom stereocenters. The highest BCUT2D eigenvalue weighted by molar-refractivity contribution is 6.31. The third-order valence-corrected chi connectivity index (χ3v) is 5.28. The molecule has 3 atom stereocenters. The van der Waals surface area contributed by atoms with E-state index in [4.69, 9.17) is 16.3 Å². The van der Waals surface area contributed by atoms with Crippen molar-refractivity contribution >= 4 is 40.5 Å². The van der Waals surface area contributed by atoms with E-state index < -0.39 is 35.7 Å². The predicted octanol–water partition coefficient (Wildman–Crippen LogP) is 3.70. The van der Waals surface area contributed by atoms with Gasteiger partial charge in [0.25, 0.3) is 5.91 Å². The van der Waals surface area contributed by atoms with Crippen LogP contribution in [0.1, 0.15) is 50.5 Å². The molecule has 30 heavy (non-hydrogen) atoms. The van der Waals surface area contributed by atoms with Crippen LogP contribution in [0.3, 0.4) is 0 Å². The maximum absolute atomic E-state index is 12.8. The maximum Gasteiger partial charge on any atom is 0.407 e. The number of carbonyl (C=O) groups is 3. The van der Waals surface area contributed by atoms with Crippen LogP contribution in [0, 0.1) is 5.92 Å². The fraction of sp³-hybridized carbons (Fsp3) is 0.476. The molecule has 8 nitrogen and oxygen atoms in total. The second-order valence-electron chi connectivity index (χ2n) is 8.60. The number of hydrogen-bond donors (Lipinski definition) is 4. The van der Waals surface area contributed by atoms with Crippen molar-refractivity contribution in [3.05, 3.63) is 35.0 Å². The number of fused-ring (bicyclic) bond motifs is 1. The van der Waals surface area contributed by atoms with Crippen molar-refractivity contribution in [2.24, 2.45) is 5.92 Å². The van der Waals surface area contributed by atoms with Crippen LogP contribution < -0.4 is 10.6 Å². The molecule has 1 heterocycles. The molecule has 0 bridgehead atoms. The molecular weight excluding hydrogens is 410 g/mol. The standard InChI is InChI=1S/C21H26ClN3O5/c1-21(2,3)30-20(29)25-16-9-11(19(27)28)4-6-15(16)24-18(26)17-10-12-8-13(22)5-7-14(12)23-17/h5,7-8,10-11,15-16,23H,4,6,9H2,1-3H3,(H,24,26)(H,25,29)(H,27,28). The first-order chi connectivity index (χ1) is 14.0. The molecule has 2 aromatic rings. The molecule has 0 spiro atoms. The largest absolute Gasteiger partial charge is 0.481 e. The minimum Gasteiger partial charge on any atom is -0.481 e. The lowest BCUT2D eigenvalue weighted by molar-refractivity contribution is -0.143. The molecule has 4 N–H and O–H groups in total. The number of hydrogen-bond acceptors (Lipinski definition) is 4. The van der Waals surface area contributed by atoms with Gasteiger partial charge in [-0.1, -0.05) is 11.6 Å². The predicted molar refractivity (Wildman–Crippen MR) is 113 cm³/mol. The van der Waals surface area contributed by atoms with E-state index in [1.807, 2.05) is 0 Å². The first-order valence-corrected chi connectivity index (χ1v) is 10.2. The number of halogens is 1. The Bertz CT molecular complexity index is 965. The van der Waals surface area contributed by atoms with Gasteiger partial charge >= 0.3 is 12.1 Å². The van der Waals surface area contributed by atoms with Gasteiger partial charge in [-0.15, -0.1) is 0 Å². The van der Waals surface area contributed by atoms with Gasteiger partial charge in [-0.05, 0) is 64.3 Å². The molecule has 1 aromatic heterocycles. The zero-order chi connectivity index (χ0) is 22.1. The normalized spacial score (nSPS) is 21.8. The van der Waals surface area contributed by atoms with Crippen molar-refractivity contribution < 1.29 is 24.2 Å². The number of nitrogens with one attached hydrogen (secondary N) is 3. The van der Waals surface area contributed by atoms with Crippen molar-refractivity contribution in [3.8, 4) is 0 Å². The van der Waals surface area contributed by atoms with Crippen molar-refractivity contribution in [3.63, 3.8) is 0 Å². The number of carboxylic acids is 1. The summed E-state index contributed by atoms with van der Waals surface area (Å²) < 4.78 is 5.30. The molecule has 1 saturated carbocycles. The van der Waals surface area contributed by atoms with E-state index in [9.17, 15) is 19.5 Å². The van der Waals surface area contributed by atoms with Crippen LogP contribution in [-0.2, 0) is 9.53 Å². The van der Waals surface area contributed by atoms with E-state index in [0.29, 0.717) is 23.6 Å². The summed E-state index contributed by atoms with van der Waals surface area (Å²) in [5, 5.41) is 16.4. The molecule has 1 aromatic carbocycles. The monoisotopic (exact) mass is 435 g/mol. The van der Waals surface area contributed by atoms with Gasteiger partial charge in [0, 0.05) is 22.0 Å². The number of ether oxygens (including phenoxy) is 1. The first-order valence-electron chi connectivity index (χ1n) is 9.83. The van der Waals surface area contributed by atoms with Crippen LogP contribution in [0.5, 0.6) is 0 Å². The lowest BCUT2D eigenvalue weighted by atomic mass is 9.82. The number of amides is 2. The van der Waals surface area contributed by atoms with E-state index >= 15 is 0 Å². The Morgan fingerprint density at radius 3 is 2.53 bits per heavy atom. The number of aromatic nitrogens is 1. The Balaban J connectivity index is 1.73. The molecular formula is C21H26ClN3O5. The van der Waals surface area contributed by atoms with Crippen LogP contribution in [0.25, 0.3) is 10.9 Å². The Labute approximate surface area is 179 Å². The van der Waals surface area contributed by atoms with Crippen molar-refractivity contribution in [2.45, 2.75) is 57.7 Å². The quantitative estimate of drug-likeness (QED) is 0.583. The maximum atomic E-state index is 12.8. The lowest BCUT2D eigenvalue weighted by Gasteiger charge is -2.35. The third-order valence-electron chi connectivity index (χ3n) is 5.05. The average molecular weight is 436 g/mol. The average Bonchev–Trinajstić information content (AvgIpc) is 3.04. The van der Waals surface area contributed by atoms with Crippen LogP contribution in [-0.4, -0.2) is 45.7 Å². The number of rotatable bonds is 4. The van der Waals surface area contributed by atoms with Gasteiger partial charge in [0.05, 0.1) is 12.0 Å². The van der Waals surface area contributed by atoms with Gasteiger partial charge in [0.2, 0.25) is 0 Å². The fourth-order valence-corrected chi connectivity index (χ4v) is 3.84. The fourth-order valence-electron chi connectivity index (χ4n) is 3.66. The number of carbonyl (C=O) groups excluding carboxylic acids is 2. The zero-order valence-corrected chi connectivity index (χ0v) is 17.9. The smallest absolute Gasteiger partial charge is 0.407 e. The van der Waals surface area contributed by atoms with Crippen LogP contribution in [0.2, 0.25) is 5.02 Å². The number of H-pyrrole nitrogens is 1. The molecule has 0 aliphatic heterocycles. The Hall–Kier alpha value is -2.74. The Morgan fingerprint density at radius 1 is 1.13 bits per heavy atom. The first kappa shape index (κ1) is 22.0. The number of alkyl carbamates (subject to hydrolysis) is 1. The van der Waals surface area contributed by atoms with Gasteiger partial charge < -0.3 is 25.5 Å². The minimum absolute atomic E-state index is 0.210. The number of aliphatic carboxylic acids is 1. The van der Waals surface area contributed by atoms with Gasteiger partial charge in [0.15, 0.2) is 0 Å². The number of aromatic amines is 1. The number of carboxylic acid groups (broad SMARTS) is 1. The third kappa shape index (κ3) is 5.44. The summed E-state index contributed by atoms with van der Waals surface area (Å²) in [6, 6.07) is 6.01. The molecule has 1 aliphatic carbocycles. The molecule has 162 valence electrons. The van der Waals surface area contributed by atoms with Crippen LogP contribution in [0.4, 0.5) is 4.79 Å². The molecule has 0 saturated heterocycles. The summed E-state index contributed by atoms with van der Waals surface area (Å²) >= 11 is 6.00. The van der Waals surface area contributed by atoms with Crippen molar-refractivity contribution in [1.29, 1.82) is 0 Å². The van der Waals surface area contributed by atoms with E-state index in [2.05, 4.69) is 15.6 Å².